The van der Waals surface area contributed by atoms with Gasteiger partial charge in [-0.15, -0.1) is 0 Å². The summed E-state index contributed by atoms with van der Waals surface area (Å²) >= 11 is 0. The lowest BCUT2D eigenvalue weighted by Gasteiger charge is -2.33. The molecule has 0 amide bonds. The molecule has 28 heavy (non-hydrogen) atoms. The predicted molar refractivity (Wildman–Crippen MR) is 106 cm³/mol. The summed E-state index contributed by atoms with van der Waals surface area (Å²) in [6.07, 6.45) is 10.4. The average Bonchev–Trinajstić information content (AvgIpc) is 2.72. The van der Waals surface area contributed by atoms with Gasteiger partial charge in [-0.1, -0.05) is 19.4 Å². The average molecular weight is 395 g/mol. The van der Waals surface area contributed by atoms with Gasteiger partial charge in [0, 0.05) is 0 Å². The molecule has 0 N–H and O–H groups in total. The smallest absolute Gasteiger partial charge is 0.204 e. The van der Waals surface area contributed by atoms with Crippen molar-refractivity contribution in [2.45, 2.75) is 64.9 Å². The largest absolute Gasteiger partial charge is 0.491 e. The van der Waals surface area contributed by atoms with Crippen LogP contribution in [0.4, 0.5) is 8.78 Å². The molecule has 0 bridgehead atoms. The van der Waals surface area contributed by atoms with Crippen molar-refractivity contribution < 1.29 is 23.0 Å². The summed E-state index contributed by atoms with van der Waals surface area (Å²) in [4.78, 5) is 0. The summed E-state index contributed by atoms with van der Waals surface area (Å²) in [5.41, 5.74) is 1.45. The third-order valence-electron chi connectivity index (χ3n) is 5.90. The summed E-state index contributed by atoms with van der Waals surface area (Å²) in [7, 11) is 0. The Hall–Kier alpha value is -1.62. The zero-order valence-electron chi connectivity index (χ0n) is 17.0. The van der Waals surface area contributed by atoms with E-state index < -0.39 is 11.6 Å². The second-order valence-electron chi connectivity index (χ2n) is 7.89. The van der Waals surface area contributed by atoms with Crippen LogP contribution in [-0.2, 0) is 4.74 Å². The molecule has 2 aliphatic rings. The number of ether oxygens (including phenoxy) is 3. The standard InChI is InChI=1S/C23H32F2O3/c1-3-5-19-11-10-18(15-27-19)17-8-6-16(7-9-17)14-28-21-13-12-20(26-4-2)22(24)23(21)25/h10,12-13,16-17,19H,3-9,11,14-15H2,1-2H3. The van der Waals surface area contributed by atoms with Gasteiger partial charge in [0.1, 0.15) is 0 Å². The van der Waals surface area contributed by atoms with E-state index in [4.69, 9.17) is 14.2 Å². The van der Waals surface area contributed by atoms with E-state index >= 15 is 0 Å². The lowest BCUT2D eigenvalue weighted by Crippen LogP contribution is -2.26. The van der Waals surface area contributed by atoms with E-state index in [-0.39, 0.29) is 11.5 Å². The van der Waals surface area contributed by atoms with Gasteiger partial charge in [0.15, 0.2) is 11.5 Å². The first-order valence-electron chi connectivity index (χ1n) is 10.7. The molecule has 1 fully saturated rings. The van der Waals surface area contributed by atoms with Crippen LogP contribution >= 0.6 is 0 Å². The third kappa shape index (κ3) is 5.25. The lowest BCUT2D eigenvalue weighted by atomic mass is 9.78. The molecule has 1 atom stereocenters. The SMILES string of the molecule is CCCC1CC=C(C2CCC(COc3ccc(OCC)c(F)c3F)CC2)CO1. The van der Waals surface area contributed by atoms with Crippen molar-refractivity contribution in [3.05, 3.63) is 35.4 Å². The van der Waals surface area contributed by atoms with Crippen molar-refractivity contribution in [2.75, 3.05) is 19.8 Å². The first-order valence-corrected chi connectivity index (χ1v) is 10.7. The van der Waals surface area contributed by atoms with Crippen LogP contribution < -0.4 is 9.47 Å². The van der Waals surface area contributed by atoms with Gasteiger partial charge in [-0.25, -0.2) is 0 Å². The Labute approximate surface area is 167 Å². The molecule has 1 aliphatic heterocycles. The molecule has 0 radical (unpaired) electrons. The minimum Gasteiger partial charge on any atom is -0.491 e. The van der Waals surface area contributed by atoms with Gasteiger partial charge in [-0.05, 0) is 75.0 Å². The predicted octanol–water partition coefficient (Wildman–Crippen LogP) is 6.06. The molecule has 1 aromatic carbocycles. The molecule has 1 aromatic rings. The highest BCUT2D eigenvalue weighted by Gasteiger charge is 2.27. The Kier molecular flexibility index (Phi) is 7.72. The molecule has 3 rings (SSSR count). The fraction of sp³-hybridized carbons (Fsp3) is 0.652. The Morgan fingerprint density at radius 2 is 1.68 bits per heavy atom. The van der Waals surface area contributed by atoms with Crippen LogP contribution in [0.5, 0.6) is 11.5 Å². The van der Waals surface area contributed by atoms with Crippen LogP contribution in [0.2, 0.25) is 0 Å². The van der Waals surface area contributed by atoms with Gasteiger partial charge in [0.2, 0.25) is 11.6 Å². The van der Waals surface area contributed by atoms with Crippen molar-refractivity contribution in [2.24, 2.45) is 11.8 Å². The minimum absolute atomic E-state index is 0.0339. The summed E-state index contributed by atoms with van der Waals surface area (Å²) in [6, 6.07) is 2.88. The van der Waals surface area contributed by atoms with Crippen molar-refractivity contribution >= 4 is 0 Å². The summed E-state index contributed by atoms with van der Waals surface area (Å²) in [6.45, 7) is 5.41. The van der Waals surface area contributed by atoms with Crippen LogP contribution in [0.15, 0.2) is 23.8 Å². The Morgan fingerprint density at radius 1 is 1.00 bits per heavy atom. The number of hydrogen-bond acceptors (Lipinski definition) is 3. The van der Waals surface area contributed by atoms with Gasteiger partial charge in [0.25, 0.3) is 0 Å². The van der Waals surface area contributed by atoms with E-state index in [1.54, 1.807) is 6.92 Å². The summed E-state index contributed by atoms with van der Waals surface area (Å²) in [5.74, 6) is -1.08. The second-order valence-corrected chi connectivity index (χ2v) is 7.89. The lowest BCUT2D eigenvalue weighted by molar-refractivity contribution is 0.0475. The molecule has 0 spiro atoms. The van der Waals surface area contributed by atoms with E-state index in [0.29, 0.717) is 31.2 Å². The molecule has 0 aromatic heterocycles. The highest BCUT2D eigenvalue weighted by Crippen LogP contribution is 2.36. The fourth-order valence-electron chi connectivity index (χ4n) is 4.23. The molecular formula is C23H32F2O3. The van der Waals surface area contributed by atoms with Gasteiger partial charge in [0.05, 0.1) is 25.9 Å². The van der Waals surface area contributed by atoms with Gasteiger partial charge in [-0.2, -0.15) is 8.78 Å². The van der Waals surface area contributed by atoms with Gasteiger partial charge >= 0.3 is 0 Å². The highest BCUT2D eigenvalue weighted by molar-refractivity contribution is 5.35. The van der Waals surface area contributed by atoms with Gasteiger partial charge in [-0.3, -0.25) is 0 Å². The van der Waals surface area contributed by atoms with Crippen molar-refractivity contribution in [1.29, 1.82) is 0 Å². The summed E-state index contributed by atoms with van der Waals surface area (Å²) < 4.78 is 44.7. The Bertz CT molecular complexity index is 666. The zero-order valence-corrected chi connectivity index (χ0v) is 17.0. The number of hydrogen-bond donors (Lipinski definition) is 0. The van der Waals surface area contributed by atoms with Crippen molar-refractivity contribution in [3.8, 4) is 11.5 Å². The molecule has 1 heterocycles. The van der Waals surface area contributed by atoms with Crippen LogP contribution in [0.1, 0.15) is 58.8 Å². The molecule has 1 unspecified atom stereocenters. The molecule has 5 heteroatoms. The number of rotatable bonds is 8. The van der Waals surface area contributed by atoms with E-state index in [2.05, 4.69) is 13.0 Å². The topological polar surface area (TPSA) is 27.7 Å². The molecular weight excluding hydrogens is 362 g/mol. The van der Waals surface area contributed by atoms with E-state index in [1.807, 2.05) is 0 Å². The molecule has 0 saturated heterocycles. The third-order valence-corrected chi connectivity index (χ3v) is 5.90. The molecule has 1 aliphatic carbocycles. The zero-order chi connectivity index (χ0) is 19.9. The minimum atomic E-state index is -0.978. The monoisotopic (exact) mass is 394 g/mol. The maximum absolute atomic E-state index is 14.1. The second kappa shape index (κ2) is 10.2. The first kappa shape index (κ1) is 21.1. The van der Waals surface area contributed by atoms with Crippen molar-refractivity contribution in [1.82, 2.24) is 0 Å². The van der Waals surface area contributed by atoms with Crippen LogP contribution in [0, 0.1) is 23.5 Å². The Balaban J connectivity index is 1.46. The van der Waals surface area contributed by atoms with Crippen LogP contribution in [0.3, 0.4) is 0 Å². The Morgan fingerprint density at radius 3 is 2.25 bits per heavy atom. The quantitative estimate of drug-likeness (QED) is 0.501. The maximum Gasteiger partial charge on any atom is 0.204 e. The fourth-order valence-corrected chi connectivity index (χ4v) is 4.23. The normalized spacial score (nSPS) is 25.3. The number of benzene rings is 1. The van der Waals surface area contributed by atoms with Crippen LogP contribution in [-0.4, -0.2) is 25.9 Å². The van der Waals surface area contributed by atoms with E-state index in [9.17, 15) is 8.78 Å². The number of halogens is 2. The van der Waals surface area contributed by atoms with Gasteiger partial charge < -0.3 is 14.2 Å². The maximum atomic E-state index is 14.1. The molecule has 3 nitrogen and oxygen atoms in total. The van der Waals surface area contributed by atoms with E-state index in [0.717, 1.165) is 51.6 Å². The first-order chi connectivity index (χ1) is 13.6. The molecule has 1 saturated carbocycles. The summed E-state index contributed by atoms with van der Waals surface area (Å²) in [5, 5.41) is 0. The van der Waals surface area contributed by atoms with Crippen LogP contribution in [0.25, 0.3) is 0 Å². The van der Waals surface area contributed by atoms with E-state index in [1.165, 1.54) is 17.7 Å². The highest BCUT2D eigenvalue weighted by atomic mass is 19.2. The van der Waals surface area contributed by atoms with Crippen molar-refractivity contribution in [3.63, 3.8) is 0 Å². The molecule has 156 valence electrons.